The molecule has 0 fully saturated rings. The highest BCUT2D eigenvalue weighted by molar-refractivity contribution is 6.34. The maximum atomic E-state index is 6.37. The Labute approximate surface area is 132 Å². The lowest BCUT2D eigenvalue weighted by Crippen LogP contribution is -2.21. The van der Waals surface area contributed by atoms with Crippen molar-refractivity contribution in [2.75, 3.05) is 13.7 Å². The summed E-state index contributed by atoms with van der Waals surface area (Å²) < 4.78 is 5.20. The summed E-state index contributed by atoms with van der Waals surface area (Å²) in [7, 11) is 1.60. The molecular formula is C16H25Cl2NO. The molecule has 1 N–H and O–H groups in total. The SMILES string of the molecule is CCCCCCC(NCC)c1cc(Cl)c(OC)cc1Cl. The zero-order valence-corrected chi connectivity index (χ0v) is 14.2. The van der Waals surface area contributed by atoms with Crippen LogP contribution in [-0.4, -0.2) is 13.7 Å². The molecule has 0 bridgehead atoms. The van der Waals surface area contributed by atoms with Crippen molar-refractivity contribution in [2.45, 2.75) is 52.0 Å². The summed E-state index contributed by atoms with van der Waals surface area (Å²) in [5.74, 6) is 0.627. The van der Waals surface area contributed by atoms with Gasteiger partial charge in [0.2, 0.25) is 0 Å². The van der Waals surface area contributed by atoms with E-state index in [0.29, 0.717) is 15.8 Å². The molecule has 0 aliphatic carbocycles. The molecule has 0 aromatic heterocycles. The maximum absolute atomic E-state index is 6.37. The third-order valence-electron chi connectivity index (χ3n) is 3.44. The second-order valence-electron chi connectivity index (χ2n) is 4.97. The van der Waals surface area contributed by atoms with Gasteiger partial charge in [-0.1, -0.05) is 62.7 Å². The van der Waals surface area contributed by atoms with Gasteiger partial charge in [-0.15, -0.1) is 0 Å². The fraction of sp³-hybridized carbons (Fsp3) is 0.625. The zero-order valence-electron chi connectivity index (χ0n) is 12.6. The Morgan fingerprint density at radius 1 is 1.10 bits per heavy atom. The van der Waals surface area contributed by atoms with Crippen LogP contribution in [0, 0.1) is 0 Å². The fourth-order valence-corrected chi connectivity index (χ4v) is 2.89. The van der Waals surface area contributed by atoms with Gasteiger partial charge in [0.1, 0.15) is 5.75 Å². The third-order valence-corrected chi connectivity index (χ3v) is 4.07. The number of nitrogens with one attached hydrogen (secondary N) is 1. The lowest BCUT2D eigenvalue weighted by molar-refractivity contribution is 0.414. The van der Waals surface area contributed by atoms with Gasteiger partial charge in [0, 0.05) is 17.1 Å². The largest absolute Gasteiger partial charge is 0.495 e. The van der Waals surface area contributed by atoms with Crippen LogP contribution in [0.5, 0.6) is 5.75 Å². The van der Waals surface area contributed by atoms with Crippen LogP contribution in [0.15, 0.2) is 12.1 Å². The van der Waals surface area contributed by atoms with Gasteiger partial charge in [0.15, 0.2) is 0 Å². The minimum absolute atomic E-state index is 0.257. The van der Waals surface area contributed by atoms with E-state index in [1.807, 2.05) is 6.07 Å². The Kier molecular flexibility index (Phi) is 8.35. The van der Waals surface area contributed by atoms with E-state index in [1.165, 1.54) is 25.7 Å². The normalized spacial score (nSPS) is 12.4. The van der Waals surface area contributed by atoms with Crippen LogP contribution >= 0.6 is 23.2 Å². The van der Waals surface area contributed by atoms with E-state index >= 15 is 0 Å². The molecule has 1 aromatic rings. The van der Waals surface area contributed by atoms with Crippen molar-refractivity contribution >= 4 is 23.2 Å². The van der Waals surface area contributed by atoms with E-state index in [-0.39, 0.29) is 6.04 Å². The fourth-order valence-electron chi connectivity index (χ4n) is 2.36. The highest BCUT2D eigenvalue weighted by Gasteiger charge is 2.16. The molecular weight excluding hydrogens is 293 g/mol. The van der Waals surface area contributed by atoms with Gasteiger partial charge in [0.05, 0.1) is 12.1 Å². The highest BCUT2D eigenvalue weighted by atomic mass is 35.5. The second kappa shape index (κ2) is 9.49. The van der Waals surface area contributed by atoms with E-state index in [2.05, 4.69) is 19.2 Å². The van der Waals surface area contributed by atoms with Gasteiger partial charge in [-0.05, 0) is 24.6 Å². The summed E-state index contributed by atoms with van der Waals surface area (Å²) in [5.41, 5.74) is 1.07. The molecule has 114 valence electrons. The van der Waals surface area contributed by atoms with E-state index in [9.17, 15) is 0 Å². The number of benzene rings is 1. The lowest BCUT2D eigenvalue weighted by atomic mass is 9.99. The van der Waals surface area contributed by atoms with Crippen molar-refractivity contribution in [1.82, 2.24) is 5.32 Å². The highest BCUT2D eigenvalue weighted by Crippen LogP contribution is 2.35. The number of halogens is 2. The molecule has 2 nitrogen and oxygen atoms in total. The molecule has 0 aliphatic rings. The van der Waals surface area contributed by atoms with Crippen LogP contribution < -0.4 is 10.1 Å². The quantitative estimate of drug-likeness (QED) is 0.596. The Hall–Kier alpha value is -0.440. The summed E-state index contributed by atoms with van der Waals surface area (Å²) in [4.78, 5) is 0. The molecule has 0 amide bonds. The number of ether oxygens (including phenoxy) is 1. The van der Waals surface area contributed by atoms with E-state index < -0.39 is 0 Å². The molecule has 0 saturated heterocycles. The Bertz CT molecular complexity index is 410. The summed E-state index contributed by atoms with van der Waals surface area (Å²) >= 11 is 12.6. The lowest BCUT2D eigenvalue weighted by Gasteiger charge is -2.20. The molecule has 1 rings (SSSR count). The number of hydrogen-bond acceptors (Lipinski definition) is 2. The Morgan fingerprint density at radius 3 is 2.45 bits per heavy atom. The van der Waals surface area contributed by atoms with E-state index in [0.717, 1.165) is 18.5 Å². The summed E-state index contributed by atoms with van der Waals surface area (Å²) in [6, 6.07) is 3.98. The molecule has 0 saturated carbocycles. The van der Waals surface area contributed by atoms with Gasteiger partial charge >= 0.3 is 0 Å². The smallest absolute Gasteiger partial charge is 0.138 e. The first-order valence-corrected chi connectivity index (χ1v) is 8.15. The van der Waals surface area contributed by atoms with Crippen LogP contribution in [0.25, 0.3) is 0 Å². The first-order valence-electron chi connectivity index (χ1n) is 7.40. The maximum Gasteiger partial charge on any atom is 0.138 e. The number of unbranched alkanes of at least 4 members (excludes halogenated alkanes) is 3. The molecule has 0 aliphatic heterocycles. The number of hydrogen-bond donors (Lipinski definition) is 1. The Balaban J connectivity index is 2.82. The van der Waals surface area contributed by atoms with Gasteiger partial charge in [0.25, 0.3) is 0 Å². The van der Waals surface area contributed by atoms with Crippen molar-refractivity contribution in [3.8, 4) is 5.75 Å². The molecule has 1 unspecified atom stereocenters. The summed E-state index contributed by atoms with van der Waals surface area (Å²) in [6.07, 6.45) is 6.08. The van der Waals surface area contributed by atoms with Gasteiger partial charge in [-0.2, -0.15) is 0 Å². The van der Waals surface area contributed by atoms with Crippen molar-refractivity contribution in [2.24, 2.45) is 0 Å². The van der Waals surface area contributed by atoms with E-state index in [4.69, 9.17) is 27.9 Å². The monoisotopic (exact) mass is 317 g/mol. The van der Waals surface area contributed by atoms with Crippen molar-refractivity contribution in [1.29, 1.82) is 0 Å². The molecule has 1 aromatic carbocycles. The van der Waals surface area contributed by atoms with Crippen LogP contribution in [0.3, 0.4) is 0 Å². The van der Waals surface area contributed by atoms with Gasteiger partial charge in [-0.3, -0.25) is 0 Å². The van der Waals surface area contributed by atoms with Crippen LogP contribution in [0.4, 0.5) is 0 Å². The average Bonchev–Trinajstić information content (AvgIpc) is 2.44. The van der Waals surface area contributed by atoms with Gasteiger partial charge < -0.3 is 10.1 Å². The first-order chi connectivity index (χ1) is 9.63. The number of methoxy groups -OCH3 is 1. The minimum atomic E-state index is 0.257. The summed E-state index contributed by atoms with van der Waals surface area (Å²) in [6.45, 7) is 5.25. The van der Waals surface area contributed by atoms with Crippen LogP contribution in [0.1, 0.15) is 57.6 Å². The first kappa shape index (κ1) is 17.6. The van der Waals surface area contributed by atoms with Crippen molar-refractivity contribution in [3.63, 3.8) is 0 Å². The minimum Gasteiger partial charge on any atom is -0.495 e. The molecule has 4 heteroatoms. The Morgan fingerprint density at radius 2 is 1.85 bits per heavy atom. The van der Waals surface area contributed by atoms with Crippen molar-refractivity contribution in [3.05, 3.63) is 27.7 Å². The molecule has 20 heavy (non-hydrogen) atoms. The standard InChI is InChI=1S/C16H25Cl2NO/c1-4-6-7-8-9-15(19-5-2)12-10-14(18)16(20-3)11-13(12)17/h10-11,15,19H,4-9H2,1-3H3. The third kappa shape index (κ3) is 5.16. The average molecular weight is 318 g/mol. The molecule has 0 heterocycles. The van der Waals surface area contributed by atoms with Gasteiger partial charge in [-0.25, -0.2) is 0 Å². The number of rotatable bonds is 9. The zero-order chi connectivity index (χ0) is 15.0. The molecule has 0 spiro atoms. The second-order valence-corrected chi connectivity index (χ2v) is 5.78. The summed E-state index contributed by atoms with van der Waals surface area (Å²) in [5, 5.41) is 4.83. The topological polar surface area (TPSA) is 21.3 Å². The van der Waals surface area contributed by atoms with Crippen LogP contribution in [0.2, 0.25) is 10.0 Å². The van der Waals surface area contributed by atoms with Crippen LogP contribution in [-0.2, 0) is 0 Å². The predicted octanol–water partition coefficient (Wildman–Crippen LogP) is 5.62. The van der Waals surface area contributed by atoms with Crippen molar-refractivity contribution < 1.29 is 4.74 Å². The van der Waals surface area contributed by atoms with E-state index in [1.54, 1.807) is 13.2 Å². The molecule has 0 radical (unpaired) electrons. The predicted molar refractivity (Wildman–Crippen MR) is 88.2 cm³/mol. The molecule has 1 atom stereocenters.